The van der Waals surface area contributed by atoms with Gasteiger partial charge in [-0.1, -0.05) is 55.9 Å². The van der Waals surface area contributed by atoms with Crippen LogP contribution in [0.3, 0.4) is 0 Å². The molecule has 7 heteroatoms. The summed E-state index contributed by atoms with van der Waals surface area (Å²) in [6.07, 6.45) is 2.72. The molecule has 0 spiro atoms. The molecule has 0 aliphatic heterocycles. The summed E-state index contributed by atoms with van der Waals surface area (Å²) in [7, 11) is 0. The SMILES string of the molecule is CC(C)CCn1c(SCC(=O)N[C@@H](C)CCc2ccccc2)nc2ccsc2c1=O. The van der Waals surface area contributed by atoms with Crippen LogP contribution in [-0.4, -0.2) is 27.3 Å². The topological polar surface area (TPSA) is 64.0 Å². The lowest BCUT2D eigenvalue weighted by molar-refractivity contribution is -0.119. The highest BCUT2D eigenvalue weighted by Gasteiger charge is 2.15. The monoisotopic (exact) mass is 443 g/mol. The highest BCUT2D eigenvalue weighted by atomic mass is 32.2. The van der Waals surface area contributed by atoms with E-state index in [0.29, 0.717) is 27.8 Å². The first-order valence-electron chi connectivity index (χ1n) is 10.4. The van der Waals surface area contributed by atoms with Crippen molar-refractivity contribution in [2.24, 2.45) is 5.92 Å². The van der Waals surface area contributed by atoms with Gasteiger partial charge in [-0.3, -0.25) is 14.2 Å². The predicted octanol–water partition coefficient (Wildman–Crippen LogP) is 4.73. The third kappa shape index (κ3) is 6.19. The minimum Gasteiger partial charge on any atom is -0.353 e. The van der Waals surface area contributed by atoms with Gasteiger partial charge in [0.2, 0.25) is 5.91 Å². The minimum atomic E-state index is -0.0318. The van der Waals surface area contributed by atoms with E-state index in [-0.39, 0.29) is 23.3 Å². The van der Waals surface area contributed by atoms with Crippen LogP contribution in [0.25, 0.3) is 10.2 Å². The Kier molecular flexibility index (Phi) is 8.10. The number of thioether (sulfide) groups is 1. The molecule has 3 rings (SSSR count). The van der Waals surface area contributed by atoms with Crippen molar-refractivity contribution in [2.45, 2.75) is 57.8 Å². The Labute approximate surface area is 185 Å². The number of amides is 1. The first-order chi connectivity index (χ1) is 14.4. The first-order valence-corrected chi connectivity index (χ1v) is 12.2. The molecule has 2 aromatic heterocycles. The molecule has 0 radical (unpaired) electrons. The molecule has 1 atom stereocenters. The van der Waals surface area contributed by atoms with Gasteiger partial charge in [0.15, 0.2) is 5.16 Å². The van der Waals surface area contributed by atoms with E-state index in [9.17, 15) is 9.59 Å². The molecule has 2 heterocycles. The van der Waals surface area contributed by atoms with Gasteiger partial charge in [-0.2, -0.15) is 0 Å². The number of carbonyl (C=O) groups is 1. The van der Waals surface area contributed by atoms with E-state index in [2.05, 4.69) is 36.3 Å². The van der Waals surface area contributed by atoms with Gasteiger partial charge in [0.1, 0.15) is 4.70 Å². The van der Waals surface area contributed by atoms with Gasteiger partial charge in [0, 0.05) is 12.6 Å². The summed E-state index contributed by atoms with van der Waals surface area (Å²) < 4.78 is 2.41. The zero-order chi connectivity index (χ0) is 21.5. The lowest BCUT2D eigenvalue weighted by atomic mass is 10.1. The third-order valence-electron chi connectivity index (χ3n) is 4.91. The Hall–Kier alpha value is -2.12. The fourth-order valence-electron chi connectivity index (χ4n) is 3.16. The van der Waals surface area contributed by atoms with Gasteiger partial charge in [0.05, 0.1) is 11.3 Å². The maximum atomic E-state index is 12.9. The summed E-state index contributed by atoms with van der Waals surface area (Å²) in [5.74, 6) is 0.706. The Bertz CT molecular complexity index is 1030. The largest absolute Gasteiger partial charge is 0.353 e. The van der Waals surface area contributed by atoms with Gasteiger partial charge < -0.3 is 5.32 Å². The molecule has 0 saturated heterocycles. The van der Waals surface area contributed by atoms with Crippen molar-refractivity contribution in [1.82, 2.24) is 14.9 Å². The van der Waals surface area contributed by atoms with Gasteiger partial charge in [-0.25, -0.2) is 4.98 Å². The lowest BCUT2D eigenvalue weighted by Gasteiger charge is -2.15. The number of thiophene rings is 1. The van der Waals surface area contributed by atoms with Gasteiger partial charge in [-0.05, 0) is 49.1 Å². The van der Waals surface area contributed by atoms with E-state index in [4.69, 9.17) is 0 Å². The molecule has 0 unspecified atom stereocenters. The van der Waals surface area contributed by atoms with Crippen molar-refractivity contribution in [3.05, 3.63) is 57.7 Å². The van der Waals surface area contributed by atoms with Crippen LogP contribution >= 0.6 is 23.1 Å². The lowest BCUT2D eigenvalue weighted by Crippen LogP contribution is -2.34. The Morgan fingerprint density at radius 1 is 1.17 bits per heavy atom. The van der Waals surface area contributed by atoms with E-state index in [1.807, 2.05) is 36.6 Å². The van der Waals surface area contributed by atoms with Gasteiger partial charge in [-0.15, -0.1) is 11.3 Å². The van der Waals surface area contributed by atoms with Crippen LogP contribution in [0.2, 0.25) is 0 Å². The van der Waals surface area contributed by atoms with Crippen LogP contribution < -0.4 is 10.9 Å². The van der Waals surface area contributed by atoms with Crippen molar-refractivity contribution >= 4 is 39.2 Å². The van der Waals surface area contributed by atoms with E-state index in [1.165, 1.54) is 28.7 Å². The molecule has 0 fully saturated rings. The smallest absolute Gasteiger partial charge is 0.272 e. The number of nitrogens with zero attached hydrogens (tertiary/aromatic N) is 2. The standard InChI is InChI=1S/C23H29N3O2S2/c1-16(2)11-13-26-22(28)21-19(12-14-29-21)25-23(26)30-15-20(27)24-17(3)9-10-18-7-5-4-6-8-18/h4-8,12,14,16-17H,9-11,13,15H2,1-3H3,(H,24,27)/t17-/m0/s1. The Morgan fingerprint density at radius 2 is 1.93 bits per heavy atom. The number of aryl methyl sites for hydroxylation is 1. The normalized spacial score (nSPS) is 12.4. The molecule has 1 amide bonds. The van der Waals surface area contributed by atoms with Crippen molar-refractivity contribution < 1.29 is 4.79 Å². The zero-order valence-corrected chi connectivity index (χ0v) is 19.4. The molecule has 0 saturated carbocycles. The predicted molar refractivity (Wildman–Crippen MR) is 126 cm³/mol. The summed E-state index contributed by atoms with van der Waals surface area (Å²) >= 11 is 2.76. The minimum absolute atomic E-state index is 0.00483. The molecule has 3 aromatic rings. The number of rotatable bonds is 10. The van der Waals surface area contributed by atoms with E-state index in [0.717, 1.165) is 19.3 Å². The molecule has 0 aliphatic carbocycles. The van der Waals surface area contributed by atoms with E-state index >= 15 is 0 Å². The number of hydrogen-bond acceptors (Lipinski definition) is 5. The molecule has 1 N–H and O–H groups in total. The second-order valence-corrected chi connectivity index (χ2v) is 9.81. The number of fused-ring (bicyclic) bond motifs is 1. The van der Waals surface area contributed by atoms with Crippen molar-refractivity contribution in [3.63, 3.8) is 0 Å². The average Bonchev–Trinajstić information content (AvgIpc) is 3.19. The molecule has 0 bridgehead atoms. The molecule has 1 aromatic carbocycles. The molecule has 5 nitrogen and oxygen atoms in total. The number of aromatic nitrogens is 2. The van der Waals surface area contributed by atoms with Crippen molar-refractivity contribution in [1.29, 1.82) is 0 Å². The fraction of sp³-hybridized carbons (Fsp3) is 0.435. The second kappa shape index (κ2) is 10.8. The number of nitrogens with one attached hydrogen (secondary N) is 1. The van der Waals surface area contributed by atoms with E-state index < -0.39 is 0 Å². The van der Waals surface area contributed by atoms with Crippen LogP contribution in [0.1, 0.15) is 39.2 Å². The fourth-order valence-corrected chi connectivity index (χ4v) is 4.78. The first kappa shape index (κ1) is 22.6. The summed E-state index contributed by atoms with van der Waals surface area (Å²) in [5, 5.41) is 5.58. The quantitative estimate of drug-likeness (QED) is 0.363. The molecular formula is C23H29N3O2S2. The van der Waals surface area contributed by atoms with Crippen LogP contribution in [0.4, 0.5) is 0 Å². The average molecular weight is 444 g/mol. The van der Waals surface area contributed by atoms with Crippen LogP contribution in [-0.2, 0) is 17.8 Å². The highest BCUT2D eigenvalue weighted by Crippen LogP contribution is 2.21. The maximum Gasteiger partial charge on any atom is 0.272 e. The highest BCUT2D eigenvalue weighted by molar-refractivity contribution is 7.99. The maximum absolute atomic E-state index is 12.9. The third-order valence-corrected chi connectivity index (χ3v) is 6.78. The number of benzene rings is 1. The number of hydrogen-bond donors (Lipinski definition) is 1. The van der Waals surface area contributed by atoms with Crippen LogP contribution in [0.15, 0.2) is 51.7 Å². The van der Waals surface area contributed by atoms with Crippen LogP contribution in [0.5, 0.6) is 0 Å². The van der Waals surface area contributed by atoms with Gasteiger partial charge in [0.25, 0.3) is 5.56 Å². The summed E-state index contributed by atoms with van der Waals surface area (Å²) in [6.45, 7) is 6.92. The molecule has 160 valence electrons. The van der Waals surface area contributed by atoms with Crippen molar-refractivity contribution in [2.75, 3.05) is 5.75 Å². The summed E-state index contributed by atoms with van der Waals surface area (Å²) in [4.78, 5) is 30.0. The Morgan fingerprint density at radius 3 is 2.67 bits per heavy atom. The Balaban J connectivity index is 1.60. The molecule has 30 heavy (non-hydrogen) atoms. The van der Waals surface area contributed by atoms with Crippen LogP contribution in [0, 0.1) is 5.92 Å². The summed E-state index contributed by atoms with van der Waals surface area (Å²) in [5.41, 5.74) is 1.98. The van der Waals surface area contributed by atoms with Crippen molar-refractivity contribution in [3.8, 4) is 0 Å². The van der Waals surface area contributed by atoms with Gasteiger partial charge >= 0.3 is 0 Å². The number of carbonyl (C=O) groups excluding carboxylic acids is 1. The van der Waals surface area contributed by atoms with E-state index in [1.54, 1.807) is 4.57 Å². The molecule has 0 aliphatic rings. The second-order valence-electron chi connectivity index (χ2n) is 7.95. The summed E-state index contributed by atoms with van der Waals surface area (Å²) in [6, 6.07) is 12.2. The zero-order valence-electron chi connectivity index (χ0n) is 17.8. The molecular weight excluding hydrogens is 414 g/mol.